The standard InChI is InChI=1S/C15H18FN3/c16-14-6-2-1-4-12(14)10-19-9-3-5-13(11-19)15-7-8-17-18-15/h1-2,4,6-8,13H,3,5,9-11H2,(H,17,18). The van der Waals surface area contributed by atoms with Crippen molar-refractivity contribution in [2.45, 2.75) is 25.3 Å². The minimum atomic E-state index is -0.105. The molecule has 3 nitrogen and oxygen atoms in total. The van der Waals surface area contributed by atoms with E-state index in [1.54, 1.807) is 12.3 Å². The van der Waals surface area contributed by atoms with Gasteiger partial charge in [-0.15, -0.1) is 0 Å². The third-order valence-electron chi connectivity index (χ3n) is 3.82. The number of hydrogen-bond donors (Lipinski definition) is 1. The molecule has 1 aliphatic heterocycles. The maximum atomic E-state index is 13.7. The Kier molecular flexibility index (Phi) is 3.60. The Bertz CT molecular complexity index is 524. The van der Waals surface area contributed by atoms with Crippen LogP contribution in [-0.4, -0.2) is 28.2 Å². The molecule has 2 heterocycles. The fraction of sp³-hybridized carbons (Fsp3) is 0.400. The Morgan fingerprint density at radius 1 is 1.32 bits per heavy atom. The minimum Gasteiger partial charge on any atom is -0.298 e. The molecule has 1 aromatic carbocycles. The van der Waals surface area contributed by atoms with E-state index in [1.807, 2.05) is 18.2 Å². The van der Waals surface area contributed by atoms with Crippen molar-refractivity contribution in [2.24, 2.45) is 0 Å². The van der Waals surface area contributed by atoms with Gasteiger partial charge in [0, 0.05) is 36.5 Å². The van der Waals surface area contributed by atoms with Gasteiger partial charge in [-0.3, -0.25) is 10.00 Å². The molecule has 4 heteroatoms. The summed E-state index contributed by atoms with van der Waals surface area (Å²) in [6.07, 6.45) is 4.12. The van der Waals surface area contributed by atoms with Gasteiger partial charge in [-0.05, 0) is 31.5 Å². The van der Waals surface area contributed by atoms with E-state index in [4.69, 9.17) is 0 Å². The van der Waals surface area contributed by atoms with Gasteiger partial charge in [0.15, 0.2) is 0 Å². The zero-order valence-corrected chi connectivity index (χ0v) is 10.8. The van der Waals surface area contributed by atoms with Crippen molar-refractivity contribution in [3.63, 3.8) is 0 Å². The summed E-state index contributed by atoms with van der Waals surface area (Å²) in [6.45, 7) is 2.70. The SMILES string of the molecule is Fc1ccccc1CN1CCCC(c2ccn[nH]2)C1. The molecular formula is C15H18FN3. The highest BCUT2D eigenvalue weighted by atomic mass is 19.1. The van der Waals surface area contributed by atoms with E-state index in [-0.39, 0.29) is 5.82 Å². The largest absolute Gasteiger partial charge is 0.298 e. The molecule has 2 aromatic rings. The molecule has 1 aliphatic rings. The Morgan fingerprint density at radius 3 is 3.00 bits per heavy atom. The first-order chi connectivity index (χ1) is 9.33. The van der Waals surface area contributed by atoms with E-state index in [2.05, 4.69) is 15.1 Å². The third-order valence-corrected chi connectivity index (χ3v) is 3.82. The maximum Gasteiger partial charge on any atom is 0.127 e. The molecule has 0 radical (unpaired) electrons. The van der Waals surface area contributed by atoms with Gasteiger partial charge in [0.2, 0.25) is 0 Å². The molecule has 1 unspecified atom stereocenters. The lowest BCUT2D eigenvalue weighted by molar-refractivity contribution is 0.196. The summed E-state index contributed by atoms with van der Waals surface area (Å²) in [4.78, 5) is 2.33. The summed E-state index contributed by atoms with van der Waals surface area (Å²) in [6, 6.07) is 9.08. The van der Waals surface area contributed by atoms with Crippen LogP contribution in [0.2, 0.25) is 0 Å². The smallest absolute Gasteiger partial charge is 0.127 e. The predicted molar refractivity (Wildman–Crippen MR) is 72.2 cm³/mol. The number of aromatic nitrogens is 2. The lowest BCUT2D eigenvalue weighted by atomic mass is 9.94. The molecule has 1 fully saturated rings. The summed E-state index contributed by atoms with van der Waals surface area (Å²) < 4.78 is 13.7. The Labute approximate surface area is 112 Å². The Balaban J connectivity index is 1.67. The van der Waals surface area contributed by atoms with E-state index >= 15 is 0 Å². The molecule has 0 spiro atoms. The van der Waals surface area contributed by atoms with Crippen LogP contribution in [0.3, 0.4) is 0 Å². The van der Waals surface area contributed by atoms with Crippen molar-refractivity contribution in [1.82, 2.24) is 15.1 Å². The molecule has 0 bridgehead atoms. The van der Waals surface area contributed by atoms with Gasteiger partial charge >= 0.3 is 0 Å². The van der Waals surface area contributed by atoms with Gasteiger partial charge in [0.05, 0.1) is 0 Å². The normalized spacial score (nSPS) is 20.6. The lowest BCUT2D eigenvalue weighted by Gasteiger charge is -2.32. The maximum absolute atomic E-state index is 13.7. The lowest BCUT2D eigenvalue weighted by Crippen LogP contribution is -2.34. The van der Waals surface area contributed by atoms with Gasteiger partial charge in [0.1, 0.15) is 5.82 Å². The molecular weight excluding hydrogens is 241 g/mol. The number of nitrogens with one attached hydrogen (secondary N) is 1. The number of aromatic amines is 1. The second-order valence-electron chi connectivity index (χ2n) is 5.18. The molecule has 1 aromatic heterocycles. The van der Waals surface area contributed by atoms with Gasteiger partial charge in [-0.2, -0.15) is 5.10 Å². The molecule has 100 valence electrons. The average Bonchev–Trinajstić information content (AvgIpc) is 2.96. The summed E-state index contributed by atoms with van der Waals surface area (Å²) >= 11 is 0. The van der Waals surface area contributed by atoms with E-state index in [1.165, 1.54) is 18.2 Å². The van der Waals surface area contributed by atoms with Crippen LogP contribution in [0, 0.1) is 5.82 Å². The van der Waals surface area contributed by atoms with Crippen LogP contribution in [0.15, 0.2) is 36.5 Å². The van der Waals surface area contributed by atoms with Crippen molar-refractivity contribution >= 4 is 0 Å². The van der Waals surface area contributed by atoms with E-state index in [0.717, 1.165) is 25.1 Å². The topological polar surface area (TPSA) is 31.9 Å². The van der Waals surface area contributed by atoms with Crippen molar-refractivity contribution in [3.05, 3.63) is 53.6 Å². The fourth-order valence-electron chi connectivity index (χ4n) is 2.81. The summed E-state index contributed by atoms with van der Waals surface area (Å²) in [5, 5.41) is 7.07. The zero-order chi connectivity index (χ0) is 13.1. The number of benzene rings is 1. The van der Waals surface area contributed by atoms with Gasteiger partial charge < -0.3 is 0 Å². The van der Waals surface area contributed by atoms with Crippen molar-refractivity contribution < 1.29 is 4.39 Å². The second-order valence-corrected chi connectivity index (χ2v) is 5.18. The van der Waals surface area contributed by atoms with Crippen LogP contribution in [0.4, 0.5) is 4.39 Å². The quantitative estimate of drug-likeness (QED) is 0.919. The van der Waals surface area contributed by atoms with Gasteiger partial charge in [-0.25, -0.2) is 4.39 Å². The molecule has 1 atom stereocenters. The van der Waals surface area contributed by atoms with Gasteiger partial charge in [0.25, 0.3) is 0 Å². The summed E-state index contributed by atoms with van der Waals surface area (Å²) in [7, 11) is 0. The summed E-state index contributed by atoms with van der Waals surface area (Å²) in [5.74, 6) is 0.384. The Hall–Kier alpha value is -1.68. The van der Waals surface area contributed by atoms with Crippen molar-refractivity contribution in [1.29, 1.82) is 0 Å². The van der Waals surface area contributed by atoms with Crippen LogP contribution in [0.1, 0.15) is 30.0 Å². The average molecular weight is 259 g/mol. The van der Waals surface area contributed by atoms with E-state index in [0.29, 0.717) is 12.5 Å². The molecule has 0 saturated carbocycles. The molecule has 0 aliphatic carbocycles. The van der Waals surface area contributed by atoms with Crippen LogP contribution in [0.25, 0.3) is 0 Å². The van der Waals surface area contributed by atoms with Crippen LogP contribution in [0.5, 0.6) is 0 Å². The number of nitrogens with zero attached hydrogens (tertiary/aromatic N) is 2. The number of H-pyrrole nitrogens is 1. The van der Waals surface area contributed by atoms with E-state index < -0.39 is 0 Å². The first-order valence-electron chi connectivity index (χ1n) is 6.78. The number of rotatable bonds is 3. The molecule has 1 N–H and O–H groups in total. The molecule has 1 saturated heterocycles. The first-order valence-corrected chi connectivity index (χ1v) is 6.78. The highest BCUT2D eigenvalue weighted by Crippen LogP contribution is 2.26. The highest BCUT2D eigenvalue weighted by molar-refractivity contribution is 5.17. The van der Waals surface area contributed by atoms with Crippen molar-refractivity contribution in [2.75, 3.05) is 13.1 Å². The molecule has 19 heavy (non-hydrogen) atoms. The zero-order valence-electron chi connectivity index (χ0n) is 10.8. The monoisotopic (exact) mass is 259 g/mol. The highest BCUT2D eigenvalue weighted by Gasteiger charge is 2.22. The van der Waals surface area contributed by atoms with Crippen molar-refractivity contribution in [3.8, 4) is 0 Å². The number of hydrogen-bond acceptors (Lipinski definition) is 2. The van der Waals surface area contributed by atoms with Gasteiger partial charge in [-0.1, -0.05) is 18.2 Å². The minimum absolute atomic E-state index is 0.105. The number of likely N-dealkylation sites (tertiary alicyclic amines) is 1. The second kappa shape index (κ2) is 5.53. The number of halogens is 1. The first kappa shape index (κ1) is 12.4. The molecule has 0 amide bonds. The Morgan fingerprint density at radius 2 is 2.21 bits per heavy atom. The molecule has 3 rings (SSSR count). The number of piperidine rings is 1. The van der Waals surface area contributed by atoms with Crippen LogP contribution in [-0.2, 0) is 6.54 Å². The van der Waals surface area contributed by atoms with E-state index in [9.17, 15) is 4.39 Å². The predicted octanol–water partition coefficient (Wildman–Crippen LogP) is 2.93. The third kappa shape index (κ3) is 2.84. The van der Waals surface area contributed by atoms with Crippen LogP contribution >= 0.6 is 0 Å². The summed E-state index contributed by atoms with van der Waals surface area (Å²) in [5.41, 5.74) is 1.98. The fourth-order valence-corrected chi connectivity index (χ4v) is 2.81. The van der Waals surface area contributed by atoms with Crippen LogP contribution < -0.4 is 0 Å².